The predicted molar refractivity (Wildman–Crippen MR) is 66.1 cm³/mol. The second-order valence-corrected chi connectivity index (χ2v) is 4.51. The summed E-state index contributed by atoms with van der Waals surface area (Å²) in [5, 5.41) is 3.27. The summed E-state index contributed by atoms with van der Waals surface area (Å²) < 4.78 is 9.92. The molecule has 5 heteroatoms. The average Bonchev–Trinajstić information content (AvgIpc) is 2.37. The van der Waals surface area contributed by atoms with E-state index in [4.69, 9.17) is 9.47 Å². The molecule has 0 spiro atoms. The van der Waals surface area contributed by atoms with E-state index in [1.165, 1.54) is 7.11 Å². The number of carbonyl (C=O) groups is 1. The van der Waals surface area contributed by atoms with Gasteiger partial charge in [-0.3, -0.25) is 9.78 Å². The molecule has 5 nitrogen and oxygen atoms in total. The Bertz CT molecular complexity index is 390. The molecule has 1 aliphatic rings. The Kier molecular flexibility index (Phi) is 4.28. The maximum atomic E-state index is 11.6. The molecular formula is C13H18N2O3. The average molecular weight is 250 g/mol. The Morgan fingerprint density at radius 1 is 1.56 bits per heavy atom. The van der Waals surface area contributed by atoms with Gasteiger partial charge in [0.1, 0.15) is 5.41 Å². The highest BCUT2D eigenvalue weighted by Crippen LogP contribution is 2.27. The number of pyridine rings is 1. The van der Waals surface area contributed by atoms with Gasteiger partial charge in [0, 0.05) is 31.4 Å². The van der Waals surface area contributed by atoms with Crippen LogP contribution in [0.2, 0.25) is 0 Å². The van der Waals surface area contributed by atoms with Crippen molar-refractivity contribution in [2.45, 2.75) is 6.42 Å². The largest absolute Gasteiger partial charge is 0.468 e. The first-order valence-corrected chi connectivity index (χ1v) is 6.04. The van der Waals surface area contributed by atoms with E-state index in [1.54, 1.807) is 6.20 Å². The molecule has 1 aromatic rings. The molecular weight excluding hydrogens is 232 g/mol. The van der Waals surface area contributed by atoms with Crippen molar-refractivity contribution >= 4 is 5.97 Å². The minimum atomic E-state index is -0.487. The fourth-order valence-corrected chi connectivity index (χ4v) is 1.95. The first-order chi connectivity index (χ1) is 8.77. The number of nitrogens with one attached hydrogen (secondary N) is 1. The number of ether oxygens (including phenoxy) is 2. The highest BCUT2D eigenvalue weighted by Gasteiger charge is 2.46. The van der Waals surface area contributed by atoms with Gasteiger partial charge in [-0.15, -0.1) is 0 Å². The monoisotopic (exact) mass is 250 g/mol. The fourth-order valence-electron chi connectivity index (χ4n) is 1.95. The summed E-state index contributed by atoms with van der Waals surface area (Å²) in [6.07, 6.45) is 2.63. The van der Waals surface area contributed by atoms with Crippen LogP contribution in [0.4, 0.5) is 0 Å². The maximum absolute atomic E-state index is 11.6. The summed E-state index contributed by atoms with van der Waals surface area (Å²) in [6, 6.07) is 5.86. The number of aromatic nitrogens is 1. The van der Waals surface area contributed by atoms with Crippen molar-refractivity contribution in [3.63, 3.8) is 0 Å². The van der Waals surface area contributed by atoms with E-state index in [1.807, 2.05) is 18.2 Å². The summed E-state index contributed by atoms with van der Waals surface area (Å²) in [6.45, 7) is 2.26. The lowest BCUT2D eigenvalue weighted by Crippen LogP contribution is -2.55. The van der Waals surface area contributed by atoms with Crippen LogP contribution in [0.5, 0.6) is 0 Å². The van der Waals surface area contributed by atoms with Gasteiger partial charge in [-0.05, 0) is 12.1 Å². The standard InChI is InChI=1S/C13H18N2O3/c1-17-12(16)13(9-18-10-13)8-14-7-5-11-4-2-3-6-15-11/h2-4,6,14H,5,7-10H2,1H3. The van der Waals surface area contributed by atoms with Crippen molar-refractivity contribution in [1.29, 1.82) is 0 Å². The molecule has 2 rings (SSSR count). The molecule has 0 saturated carbocycles. The lowest BCUT2D eigenvalue weighted by molar-refractivity contribution is -0.182. The lowest BCUT2D eigenvalue weighted by atomic mass is 9.86. The maximum Gasteiger partial charge on any atom is 0.317 e. The van der Waals surface area contributed by atoms with E-state index in [0.29, 0.717) is 19.8 Å². The van der Waals surface area contributed by atoms with Crippen LogP contribution in [0.3, 0.4) is 0 Å². The van der Waals surface area contributed by atoms with E-state index < -0.39 is 5.41 Å². The fraction of sp³-hybridized carbons (Fsp3) is 0.538. The van der Waals surface area contributed by atoms with Crippen LogP contribution in [-0.2, 0) is 20.7 Å². The Hall–Kier alpha value is -1.46. The van der Waals surface area contributed by atoms with Crippen molar-refractivity contribution in [3.05, 3.63) is 30.1 Å². The van der Waals surface area contributed by atoms with Crippen LogP contribution in [0, 0.1) is 5.41 Å². The van der Waals surface area contributed by atoms with Gasteiger partial charge in [-0.1, -0.05) is 6.07 Å². The molecule has 0 aliphatic carbocycles. The van der Waals surface area contributed by atoms with Crippen molar-refractivity contribution in [3.8, 4) is 0 Å². The van der Waals surface area contributed by atoms with E-state index in [2.05, 4.69) is 10.3 Å². The van der Waals surface area contributed by atoms with Crippen LogP contribution < -0.4 is 5.32 Å². The number of esters is 1. The normalized spacial score (nSPS) is 16.9. The Morgan fingerprint density at radius 3 is 2.94 bits per heavy atom. The highest BCUT2D eigenvalue weighted by molar-refractivity contribution is 5.78. The van der Waals surface area contributed by atoms with Crippen molar-refractivity contribution in [2.24, 2.45) is 5.41 Å². The highest BCUT2D eigenvalue weighted by atomic mass is 16.5. The lowest BCUT2D eigenvalue weighted by Gasteiger charge is -2.38. The molecule has 0 aromatic carbocycles. The van der Waals surface area contributed by atoms with Crippen molar-refractivity contribution in [2.75, 3.05) is 33.4 Å². The number of methoxy groups -OCH3 is 1. The van der Waals surface area contributed by atoms with Gasteiger partial charge >= 0.3 is 5.97 Å². The molecule has 1 saturated heterocycles. The zero-order chi connectivity index (χ0) is 12.8. The van der Waals surface area contributed by atoms with E-state index in [9.17, 15) is 4.79 Å². The number of carbonyl (C=O) groups excluding carboxylic acids is 1. The summed E-state index contributed by atoms with van der Waals surface area (Å²) in [7, 11) is 1.41. The molecule has 0 amide bonds. The zero-order valence-corrected chi connectivity index (χ0v) is 10.5. The Morgan fingerprint density at radius 2 is 2.39 bits per heavy atom. The molecule has 1 N–H and O–H groups in total. The number of hydrogen-bond donors (Lipinski definition) is 1. The van der Waals surface area contributed by atoms with Crippen LogP contribution >= 0.6 is 0 Å². The second kappa shape index (κ2) is 5.93. The molecule has 0 radical (unpaired) electrons. The van der Waals surface area contributed by atoms with Gasteiger partial charge in [0.25, 0.3) is 0 Å². The van der Waals surface area contributed by atoms with Gasteiger partial charge in [-0.25, -0.2) is 0 Å². The molecule has 2 heterocycles. The van der Waals surface area contributed by atoms with E-state index in [0.717, 1.165) is 18.7 Å². The molecule has 0 unspecified atom stereocenters. The third kappa shape index (κ3) is 2.86. The number of hydrogen-bond acceptors (Lipinski definition) is 5. The van der Waals surface area contributed by atoms with Crippen LogP contribution in [0.15, 0.2) is 24.4 Å². The van der Waals surface area contributed by atoms with Crippen LogP contribution in [0.1, 0.15) is 5.69 Å². The first kappa shape index (κ1) is 13.0. The van der Waals surface area contributed by atoms with Gasteiger partial charge in [0.2, 0.25) is 0 Å². The molecule has 1 fully saturated rings. The summed E-state index contributed by atoms with van der Waals surface area (Å²) in [4.78, 5) is 15.9. The second-order valence-electron chi connectivity index (χ2n) is 4.51. The summed E-state index contributed by atoms with van der Waals surface area (Å²) in [5.41, 5.74) is 0.556. The molecule has 0 bridgehead atoms. The van der Waals surface area contributed by atoms with Gasteiger partial charge in [-0.2, -0.15) is 0 Å². The minimum Gasteiger partial charge on any atom is -0.468 e. The third-order valence-electron chi connectivity index (χ3n) is 3.12. The summed E-state index contributed by atoms with van der Waals surface area (Å²) >= 11 is 0. The molecule has 18 heavy (non-hydrogen) atoms. The molecule has 0 atom stereocenters. The van der Waals surface area contributed by atoms with Crippen molar-refractivity contribution in [1.82, 2.24) is 10.3 Å². The summed E-state index contributed by atoms with van der Waals surface area (Å²) in [5.74, 6) is -0.195. The van der Waals surface area contributed by atoms with Crippen molar-refractivity contribution < 1.29 is 14.3 Å². The molecule has 1 aliphatic heterocycles. The quantitative estimate of drug-likeness (QED) is 0.585. The van der Waals surface area contributed by atoms with Crippen LogP contribution in [-0.4, -0.2) is 44.4 Å². The minimum absolute atomic E-state index is 0.195. The SMILES string of the molecule is COC(=O)C1(CNCCc2ccccn2)COC1. The zero-order valence-electron chi connectivity index (χ0n) is 10.5. The predicted octanol–water partition coefficient (Wildman–Crippen LogP) is 0.403. The Labute approximate surface area is 107 Å². The Balaban J connectivity index is 1.73. The third-order valence-corrected chi connectivity index (χ3v) is 3.12. The first-order valence-electron chi connectivity index (χ1n) is 6.04. The topological polar surface area (TPSA) is 60.5 Å². The molecule has 98 valence electrons. The smallest absolute Gasteiger partial charge is 0.317 e. The van der Waals surface area contributed by atoms with Crippen LogP contribution in [0.25, 0.3) is 0 Å². The van der Waals surface area contributed by atoms with Gasteiger partial charge < -0.3 is 14.8 Å². The molecule has 1 aromatic heterocycles. The van der Waals surface area contributed by atoms with Gasteiger partial charge in [0.15, 0.2) is 0 Å². The van der Waals surface area contributed by atoms with Gasteiger partial charge in [0.05, 0.1) is 20.3 Å². The van der Waals surface area contributed by atoms with E-state index in [-0.39, 0.29) is 5.97 Å². The number of nitrogens with zero attached hydrogens (tertiary/aromatic N) is 1. The number of rotatable bonds is 6. The van der Waals surface area contributed by atoms with E-state index >= 15 is 0 Å².